The Bertz CT molecular complexity index is 923. The molecule has 0 saturated carbocycles. The lowest BCUT2D eigenvalue weighted by Crippen LogP contribution is -2.29. The molecule has 7 nitrogen and oxygen atoms in total. The average molecular weight is 418 g/mol. The topological polar surface area (TPSA) is 87.7 Å². The fourth-order valence-electron chi connectivity index (χ4n) is 3.32. The molecule has 0 atom stereocenters. The number of hydrogen-bond donors (Lipinski definition) is 2. The summed E-state index contributed by atoms with van der Waals surface area (Å²) >= 11 is 0. The second-order valence-electron chi connectivity index (χ2n) is 6.93. The maximum atomic E-state index is 12.4. The molecule has 1 aliphatic rings. The highest BCUT2D eigenvalue weighted by atomic mass is 32.2. The van der Waals surface area contributed by atoms with Crippen molar-refractivity contribution in [3.05, 3.63) is 48.5 Å². The number of hydrogen-bond acceptors (Lipinski definition) is 5. The van der Waals surface area contributed by atoms with Gasteiger partial charge in [-0.1, -0.05) is 12.1 Å². The summed E-state index contributed by atoms with van der Waals surface area (Å²) in [5, 5.41) is 2.60. The van der Waals surface area contributed by atoms with Crippen molar-refractivity contribution < 1.29 is 17.9 Å². The first kappa shape index (κ1) is 21.0. The number of ether oxygens (including phenoxy) is 1. The molecule has 156 valence electrons. The third kappa shape index (κ3) is 6.12. The third-order valence-electron chi connectivity index (χ3n) is 4.64. The van der Waals surface area contributed by atoms with Crippen molar-refractivity contribution >= 4 is 33.0 Å². The number of nitrogens with zero attached hydrogens (tertiary/aromatic N) is 1. The molecule has 1 heterocycles. The summed E-state index contributed by atoms with van der Waals surface area (Å²) in [7, 11) is -3.83. The summed E-state index contributed by atoms with van der Waals surface area (Å²) in [5.41, 5.74) is 1.96. The van der Waals surface area contributed by atoms with Gasteiger partial charge in [0.25, 0.3) is 0 Å². The maximum Gasteiger partial charge on any atom is 0.241 e. The van der Waals surface area contributed by atoms with Crippen LogP contribution >= 0.6 is 0 Å². The zero-order valence-corrected chi connectivity index (χ0v) is 17.4. The first-order valence-corrected chi connectivity index (χ1v) is 11.5. The summed E-state index contributed by atoms with van der Waals surface area (Å²) in [6.45, 7) is 4.33. The monoisotopic (exact) mass is 417 g/mol. The Kier molecular flexibility index (Phi) is 6.98. The van der Waals surface area contributed by atoms with Gasteiger partial charge in [0, 0.05) is 24.5 Å². The number of rotatable bonds is 8. The van der Waals surface area contributed by atoms with E-state index in [4.69, 9.17) is 4.74 Å². The second-order valence-corrected chi connectivity index (χ2v) is 8.66. The van der Waals surface area contributed by atoms with Crippen molar-refractivity contribution in [2.45, 2.75) is 26.2 Å². The largest absolute Gasteiger partial charge is 0.492 e. The van der Waals surface area contributed by atoms with Crippen LogP contribution in [0.5, 0.6) is 5.75 Å². The summed E-state index contributed by atoms with van der Waals surface area (Å²) in [6, 6.07) is 14.2. The Hall–Kier alpha value is -2.74. The molecule has 1 amide bonds. The van der Waals surface area contributed by atoms with Crippen LogP contribution in [0, 0.1) is 0 Å². The Balaban J connectivity index is 1.59. The zero-order valence-electron chi connectivity index (χ0n) is 16.6. The Morgan fingerprint density at radius 2 is 1.72 bits per heavy atom. The van der Waals surface area contributed by atoms with Crippen LogP contribution in [0.1, 0.15) is 26.2 Å². The van der Waals surface area contributed by atoms with Gasteiger partial charge in [-0.3, -0.25) is 9.52 Å². The molecule has 1 fully saturated rings. The lowest BCUT2D eigenvalue weighted by Gasteiger charge is -2.28. The lowest BCUT2D eigenvalue weighted by atomic mass is 10.1. The Morgan fingerprint density at radius 3 is 2.41 bits per heavy atom. The number of nitrogens with one attached hydrogen (secondary N) is 2. The first-order chi connectivity index (χ1) is 14.0. The molecule has 8 heteroatoms. The van der Waals surface area contributed by atoms with Crippen molar-refractivity contribution in [1.29, 1.82) is 0 Å². The van der Waals surface area contributed by atoms with Gasteiger partial charge >= 0.3 is 0 Å². The average Bonchev–Trinajstić information content (AvgIpc) is 2.70. The summed E-state index contributed by atoms with van der Waals surface area (Å²) in [5.74, 6) is -0.807. The molecule has 0 unspecified atom stereocenters. The van der Waals surface area contributed by atoms with Crippen LogP contribution in [0.4, 0.5) is 17.1 Å². The van der Waals surface area contributed by atoms with Gasteiger partial charge in [0.15, 0.2) is 0 Å². The van der Waals surface area contributed by atoms with Crippen LogP contribution in [0.3, 0.4) is 0 Å². The number of para-hydroxylation sites is 2. The van der Waals surface area contributed by atoms with E-state index in [1.54, 1.807) is 36.4 Å². The molecule has 0 aromatic heterocycles. The number of carbonyl (C=O) groups is 1. The van der Waals surface area contributed by atoms with Gasteiger partial charge in [0.2, 0.25) is 15.9 Å². The quantitative estimate of drug-likeness (QED) is 0.687. The van der Waals surface area contributed by atoms with Crippen LogP contribution in [0.2, 0.25) is 0 Å². The molecule has 2 aromatic carbocycles. The van der Waals surface area contributed by atoms with Crippen LogP contribution in [-0.4, -0.2) is 39.8 Å². The number of piperidine rings is 1. The van der Waals surface area contributed by atoms with Gasteiger partial charge in [-0.2, -0.15) is 0 Å². The van der Waals surface area contributed by atoms with Crippen molar-refractivity contribution in [3.63, 3.8) is 0 Å². The van der Waals surface area contributed by atoms with Gasteiger partial charge in [0.05, 0.1) is 12.3 Å². The minimum atomic E-state index is -3.83. The molecule has 2 aromatic rings. The van der Waals surface area contributed by atoms with E-state index in [0.29, 0.717) is 23.7 Å². The van der Waals surface area contributed by atoms with Crippen molar-refractivity contribution in [3.8, 4) is 5.75 Å². The van der Waals surface area contributed by atoms with E-state index in [1.807, 2.05) is 19.1 Å². The van der Waals surface area contributed by atoms with Crippen molar-refractivity contribution in [1.82, 2.24) is 0 Å². The van der Waals surface area contributed by atoms with Crippen molar-refractivity contribution in [2.24, 2.45) is 0 Å². The lowest BCUT2D eigenvalue weighted by molar-refractivity contribution is -0.113. The minimum Gasteiger partial charge on any atom is -0.492 e. The Labute approximate surface area is 172 Å². The molecular formula is C21H27N3O4S. The molecule has 29 heavy (non-hydrogen) atoms. The molecule has 1 saturated heterocycles. The predicted octanol–water partition coefficient (Wildman–Crippen LogP) is 3.46. The fraction of sp³-hybridized carbons (Fsp3) is 0.381. The van der Waals surface area contributed by atoms with Crippen LogP contribution in [0.15, 0.2) is 48.5 Å². The van der Waals surface area contributed by atoms with Crippen LogP contribution < -0.4 is 19.7 Å². The van der Waals surface area contributed by atoms with Crippen LogP contribution in [-0.2, 0) is 14.8 Å². The summed E-state index contributed by atoms with van der Waals surface area (Å²) in [4.78, 5) is 14.5. The highest BCUT2D eigenvalue weighted by Crippen LogP contribution is 2.24. The van der Waals surface area contributed by atoms with E-state index in [-0.39, 0.29) is 0 Å². The van der Waals surface area contributed by atoms with E-state index >= 15 is 0 Å². The smallest absolute Gasteiger partial charge is 0.241 e. The molecule has 0 bridgehead atoms. The standard InChI is InChI=1S/C21H27N3O4S/c1-2-28-20-9-5-4-8-19(20)22-21(25)16-29(26,27)23-17-10-12-18(13-11-17)24-14-6-3-7-15-24/h4-5,8-13,23H,2-3,6-7,14-16H2,1H3,(H,22,25). The van der Waals surface area contributed by atoms with E-state index in [1.165, 1.54) is 19.3 Å². The molecule has 3 rings (SSSR count). The van der Waals surface area contributed by atoms with Gasteiger partial charge in [0.1, 0.15) is 11.5 Å². The summed E-state index contributed by atoms with van der Waals surface area (Å²) < 4.78 is 32.7. The molecule has 2 N–H and O–H groups in total. The maximum absolute atomic E-state index is 12.4. The molecule has 0 radical (unpaired) electrons. The van der Waals surface area contributed by atoms with Crippen LogP contribution in [0.25, 0.3) is 0 Å². The van der Waals surface area contributed by atoms with Gasteiger partial charge in [-0.15, -0.1) is 0 Å². The third-order valence-corrected chi connectivity index (χ3v) is 5.83. The molecule has 0 aliphatic carbocycles. The number of anilines is 3. The highest BCUT2D eigenvalue weighted by Gasteiger charge is 2.18. The highest BCUT2D eigenvalue weighted by molar-refractivity contribution is 7.93. The predicted molar refractivity (Wildman–Crippen MR) is 116 cm³/mol. The minimum absolute atomic E-state index is 0.438. The first-order valence-electron chi connectivity index (χ1n) is 9.84. The van der Waals surface area contributed by atoms with Gasteiger partial charge < -0.3 is 15.0 Å². The number of benzene rings is 2. The van der Waals surface area contributed by atoms with Gasteiger partial charge in [-0.05, 0) is 62.6 Å². The summed E-state index contributed by atoms with van der Waals surface area (Å²) in [6.07, 6.45) is 3.61. The van der Waals surface area contributed by atoms with E-state index in [0.717, 1.165) is 18.8 Å². The molecule has 1 aliphatic heterocycles. The number of carbonyl (C=O) groups excluding carboxylic acids is 1. The second kappa shape index (κ2) is 9.65. The molecular weight excluding hydrogens is 390 g/mol. The van der Waals surface area contributed by atoms with E-state index in [9.17, 15) is 13.2 Å². The normalized spacial score (nSPS) is 14.3. The fourth-order valence-corrected chi connectivity index (χ4v) is 4.30. The number of amides is 1. The van der Waals surface area contributed by atoms with Gasteiger partial charge in [-0.25, -0.2) is 8.42 Å². The van der Waals surface area contributed by atoms with Crippen molar-refractivity contribution in [2.75, 3.05) is 40.4 Å². The van der Waals surface area contributed by atoms with E-state index < -0.39 is 21.7 Å². The molecule has 0 spiro atoms. The SMILES string of the molecule is CCOc1ccccc1NC(=O)CS(=O)(=O)Nc1ccc(N2CCCCC2)cc1. The zero-order chi connectivity index (χ0) is 20.7. The Morgan fingerprint density at radius 1 is 1.03 bits per heavy atom. The number of sulfonamides is 1. The van der Waals surface area contributed by atoms with E-state index in [2.05, 4.69) is 14.9 Å².